The lowest BCUT2D eigenvalue weighted by Gasteiger charge is -2.15. The number of aryl methyl sites for hydroxylation is 1. The number of aliphatic hydroxyl groups is 1. The lowest BCUT2D eigenvalue weighted by Crippen LogP contribution is -2.04. The van der Waals surface area contributed by atoms with Crippen LogP contribution in [0.3, 0.4) is 0 Å². The van der Waals surface area contributed by atoms with Crippen molar-refractivity contribution < 1.29 is 9.84 Å². The Morgan fingerprint density at radius 2 is 2.14 bits per heavy atom. The molecule has 2 nitrogen and oxygen atoms in total. The first-order chi connectivity index (χ1) is 10.0. The van der Waals surface area contributed by atoms with Crippen LogP contribution in [0.1, 0.15) is 28.4 Å². The van der Waals surface area contributed by atoms with Crippen molar-refractivity contribution in [2.24, 2.45) is 0 Å². The molecule has 0 bridgehead atoms. The highest BCUT2D eigenvalue weighted by atomic mass is 79.9. The monoisotopic (exact) mass is 366 g/mol. The number of ether oxygens (including phenoxy) is 1. The van der Waals surface area contributed by atoms with Gasteiger partial charge in [0, 0.05) is 22.3 Å². The molecule has 0 aliphatic carbocycles. The van der Waals surface area contributed by atoms with E-state index in [1.165, 1.54) is 0 Å². The molecule has 0 amide bonds. The van der Waals surface area contributed by atoms with E-state index in [2.05, 4.69) is 15.9 Å². The highest BCUT2D eigenvalue weighted by Gasteiger charge is 2.20. The van der Waals surface area contributed by atoms with Crippen LogP contribution in [0, 0.1) is 6.92 Å². The molecular weight excluding hydrogens is 352 g/mol. The van der Waals surface area contributed by atoms with E-state index >= 15 is 0 Å². The van der Waals surface area contributed by atoms with Crippen molar-refractivity contribution in [2.75, 3.05) is 6.61 Å². The maximum Gasteiger partial charge on any atom is 0.126 e. The van der Waals surface area contributed by atoms with E-state index in [9.17, 15) is 5.11 Å². The molecule has 0 fully saturated rings. The smallest absolute Gasteiger partial charge is 0.126 e. The largest absolute Gasteiger partial charge is 0.493 e. The Labute approximate surface area is 137 Å². The summed E-state index contributed by atoms with van der Waals surface area (Å²) in [7, 11) is 0. The molecule has 2 aromatic rings. The molecule has 21 heavy (non-hydrogen) atoms. The molecular formula is C17H16BrClO2. The minimum absolute atomic E-state index is 0.498. The summed E-state index contributed by atoms with van der Waals surface area (Å²) >= 11 is 9.66. The van der Waals surface area contributed by atoms with E-state index in [0.717, 1.165) is 38.9 Å². The molecule has 110 valence electrons. The topological polar surface area (TPSA) is 29.5 Å². The third kappa shape index (κ3) is 3.10. The Kier molecular flexibility index (Phi) is 4.25. The average molecular weight is 368 g/mol. The fourth-order valence-corrected chi connectivity index (χ4v) is 3.30. The molecule has 1 heterocycles. The van der Waals surface area contributed by atoms with Crippen LogP contribution < -0.4 is 4.74 Å². The van der Waals surface area contributed by atoms with E-state index in [1.807, 2.05) is 37.3 Å². The van der Waals surface area contributed by atoms with Gasteiger partial charge < -0.3 is 9.84 Å². The first kappa shape index (κ1) is 14.9. The molecule has 1 atom stereocenters. The number of halogens is 2. The predicted octanol–water partition coefficient (Wildman–Crippen LogP) is 4.62. The fourth-order valence-electron chi connectivity index (χ4n) is 2.64. The molecule has 4 heteroatoms. The van der Waals surface area contributed by atoms with Crippen LogP contribution in [0.4, 0.5) is 0 Å². The van der Waals surface area contributed by atoms with Crippen molar-refractivity contribution in [2.45, 2.75) is 25.9 Å². The summed E-state index contributed by atoms with van der Waals surface area (Å²) in [4.78, 5) is 0. The van der Waals surface area contributed by atoms with Gasteiger partial charge in [-0.3, -0.25) is 0 Å². The molecule has 0 radical (unpaired) electrons. The minimum atomic E-state index is -0.575. The summed E-state index contributed by atoms with van der Waals surface area (Å²) < 4.78 is 6.69. The second kappa shape index (κ2) is 5.99. The molecule has 0 saturated heterocycles. The molecule has 0 saturated carbocycles. The number of benzene rings is 2. The van der Waals surface area contributed by atoms with Crippen molar-refractivity contribution in [3.8, 4) is 5.75 Å². The van der Waals surface area contributed by atoms with Gasteiger partial charge in [0.25, 0.3) is 0 Å². The van der Waals surface area contributed by atoms with E-state index in [-0.39, 0.29) is 0 Å². The number of rotatable bonds is 3. The Hall–Kier alpha value is -1.03. The van der Waals surface area contributed by atoms with Crippen LogP contribution >= 0.6 is 27.5 Å². The summed E-state index contributed by atoms with van der Waals surface area (Å²) in [5, 5.41) is 11.2. The highest BCUT2D eigenvalue weighted by molar-refractivity contribution is 9.10. The lowest BCUT2D eigenvalue weighted by atomic mass is 9.98. The molecule has 1 unspecified atom stereocenters. The van der Waals surface area contributed by atoms with Gasteiger partial charge in [-0.2, -0.15) is 0 Å². The highest BCUT2D eigenvalue weighted by Crippen LogP contribution is 2.35. The Bertz CT molecular complexity index is 685. The van der Waals surface area contributed by atoms with Crippen LogP contribution in [0.2, 0.25) is 5.02 Å². The molecule has 2 aromatic carbocycles. The van der Waals surface area contributed by atoms with Crippen LogP contribution in [-0.2, 0) is 12.8 Å². The van der Waals surface area contributed by atoms with E-state index in [1.54, 1.807) is 0 Å². The van der Waals surface area contributed by atoms with Gasteiger partial charge in [0.15, 0.2) is 0 Å². The summed E-state index contributed by atoms with van der Waals surface area (Å²) in [5.41, 5.74) is 4.14. The first-order valence-electron chi connectivity index (χ1n) is 6.93. The summed E-state index contributed by atoms with van der Waals surface area (Å²) in [6.07, 6.45) is 0.807. The maximum absolute atomic E-state index is 10.5. The fraction of sp³-hybridized carbons (Fsp3) is 0.294. The van der Waals surface area contributed by atoms with Gasteiger partial charge in [-0.1, -0.05) is 39.7 Å². The standard InChI is InChI=1S/C17H16BrClO2/c1-10-2-3-11(8-15(10)18)16(20)9-13-7-14(19)6-12-4-5-21-17(12)13/h2-3,6-8,16,20H,4-5,9H2,1H3. The summed E-state index contributed by atoms with van der Waals surface area (Å²) in [5.74, 6) is 0.893. The van der Waals surface area contributed by atoms with Crippen molar-refractivity contribution in [1.82, 2.24) is 0 Å². The molecule has 1 aliphatic heterocycles. The summed E-state index contributed by atoms with van der Waals surface area (Å²) in [6.45, 7) is 2.72. The Balaban J connectivity index is 1.88. The van der Waals surface area contributed by atoms with Crippen LogP contribution in [0.15, 0.2) is 34.8 Å². The zero-order chi connectivity index (χ0) is 15.0. The number of hydrogen-bond acceptors (Lipinski definition) is 2. The quantitative estimate of drug-likeness (QED) is 0.857. The van der Waals surface area contributed by atoms with Crippen molar-refractivity contribution in [1.29, 1.82) is 0 Å². The lowest BCUT2D eigenvalue weighted by molar-refractivity contribution is 0.177. The molecule has 3 rings (SSSR count). The van der Waals surface area contributed by atoms with Crippen LogP contribution in [0.25, 0.3) is 0 Å². The minimum Gasteiger partial charge on any atom is -0.493 e. The van der Waals surface area contributed by atoms with Crippen molar-refractivity contribution in [3.05, 3.63) is 62.1 Å². The van der Waals surface area contributed by atoms with Gasteiger partial charge in [0.1, 0.15) is 5.75 Å². The van der Waals surface area contributed by atoms with E-state index in [4.69, 9.17) is 16.3 Å². The molecule has 1 N–H and O–H groups in total. The van der Waals surface area contributed by atoms with Gasteiger partial charge >= 0.3 is 0 Å². The van der Waals surface area contributed by atoms with Crippen LogP contribution in [0.5, 0.6) is 5.75 Å². The first-order valence-corrected chi connectivity index (χ1v) is 8.10. The van der Waals surface area contributed by atoms with Gasteiger partial charge in [0.2, 0.25) is 0 Å². The average Bonchev–Trinajstić information content (AvgIpc) is 2.90. The SMILES string of the molecule is Cc1ccc(C(O)Cc2cc(Cl)cc3c2OCC3)cc1Br. The predicted molar refractivity (Wildman–Crippen MR) is 88.2 cm³/mol. The zero-order valence-corrected chi connectivity index (χ0v) is 14.0. The van der Waals surface area contributed by atoms with Gasteiger partial charge in [0.05, 0.1) is 12.7 Å². The van der Waals surface area contributed by atoms with E-state index < -0.39 is 6.10 Å². The summed E-state index contributed by atoms with van der Waals surface area (Å²) in [6, 6.07) is 9.75. The maximum atomic E-state index is 10.5. The van der Waals surface area contributed by atoms with Gasteiger partial charge in [-0.05, 0) is 47.4 Å². The zero-order valence-electron chi connectivity index (χ0n) is 11.7. The van der Waals surface area contributed by atoms with Gasteiger partial charge in [-0.25, -0.2) is 0 Å². The number of fused-ring (bicyclic) bond motifs is 1. The third-order valence-electron chi connectivity index (χ3n) is 3.82. The van der Waals surface area contributed by atoms with Gasteiger partial charge in [-0.15, -0.1) is 0 Å². The van der Waals surface area contributed by atoms with Crippen molar-refractivity contribution >= 4 is 27.5 Å². The second-order valence-electron chi connectivity index (χ2n) is 5.38. The van der Waals surface area contributed by atoms with E-state index in [0.29, 0.717) is 18.1 Å². The van der Waals surface area contributed by atoms with Crippen molar-refractivity contribution in [3.63, 3.8) is 0 Å². The Morgan fingerprint density at radius 3 is 2.90 bits per heavy atom. The molecule has 0 aromatic heterocycles. The van der Waals surface area contributed by atoms with Crippen LogP contribution in [-0.4, -0.2) is 11.7 Å². The second-order valence-corrected chi connectivity index (χ2v) is 6.67. The third-order valence-corrected chi connectivity index (χ3v) is 4.89. The molecule has 0 spiro atoms. The normalized spacial score (nSPS) is 14.7. The Morgan fingerprint density at radius 1 is 1.33 bits per heavy atom. The molecule has 1 aliphatic rings. The number of hydrogen-bond donors (Lipinski definition) is 1. The number of aliphatic hydroxyl groups excluding tert-OH is 1.